The van der Waals surface area contributed by atoms with Crippen molar-refractivity contribution in [1.82, 2.24) is 9.97 Å². The highest BCUT2D eigenvalue weighted by atomic mass is 35.5. The largest absolute Gasteiger partial charge is 0.296 e. The summed E-state index contributed by atoms with van der Waals surface area (Å²) >= 11 is 7.33. The molecule has 0 saturated carbocycles. The van der Waals surface area contributed by atoms with Crippen molar-refractivity contribution in [3.8, 4) is 11.3 Å². The summed E-state index contributed by atoms with van der Waals surface area (Å²) in [5, 5.41) is 4.02. The minimum Gasteiger partial charge on any atom is -0.296 e. The third-order valence-corrected chi connectivity index (χ3v) is 4.17. The monoisotopic (exact) mass is 329 g/mol. The summed E-state index contributed by atoms with van der Waals surface area (Å²) in [6.07, 6.45) is 1.58. The Morgan fingerprint density at radius 3 is 2.64 bits per heavy atom. The van der Waals surface area contributed by atoms with Gasteiger partial charge in [0, 0.05) is 21.7 Å². The van der Waals surface area contributed by atoms with Crippen LogP contribution >= 0.6 is 22.9 Å². The van der Waals surface area contributed by atoms with Gasteiger partial charge in [-0.25, -0.2) is 4.98 Å². The average Bonchev–Trinajstić information content (AvgIpc) is 2.89. The Morgan fingerprint density at radius 1 is 1.18 bits per heavy atom. The highest BCUT2D eigenvalue weighted by Gasteiger charge is 2.13. The molecule has 0 aliphatic rings. The van der Waals surface area contributed by atoms with Gasteiger partial charge in [-0.3, -0.25) is 15.1 Å². The van der Waals surface area contributed by atoms with Crippen LogP contribution in [0.1, 0.15) is 15.4 Å². The van der Waals surface area contributed by atoms with Gasteiger partial charge in [0.25, 0.3) is 5.91 Å². The van der Waals surface area contributed by atoms with E-state index < -0.39 is 0 Å². The van der Waals surface area contributed by atoms with Crippen LogP contribution in [0.5, 0.6) is 0 Å². The van der Waals surface area contributed by atoms with E-state index in [2.05, 4.69) is 15.3 Å². The smallest absolute Gasteiger partial charge is 0.276 e. The van der Waals surface area contributed by atoms with Gasteiger partial charge in [0.2, 0.25) is 0 Å². The van der Waals surface area contributed by atoms with Gasteiger partial charge < -0.3 is 0 Å². The fourth-order valence-electron chi connectivity index (χ4n) is 1.98. The number of rotatable bonds is 3. The first-order valence-electron chi connectivity index (χ1n) is 6.59. The Kier molecular flexibility index (Phi) is 4.18. The summed E-state index contributed by atoms with van der Waals surface area (Å²) < 4.78 is 0. The molecule has 0 aliphatic carbocycles. The fraction of sp³-hybridized carbons (Fsp3) is 0.0625. The van der Waals surface area contributed by atoms with E-state index in [0.29, 0.717) is 15.8 Å². The number of anilines is 1. The second-order valence-corrected chi connectivity index (χ2v) is 6.24. The lowest BCUT2D eigenvalue weighted by molar-refractivity contribution is 0.102. The molecule has 4 nitrogen and oxygen atoms in total. The molecule has 110 valence electrons. The molecule has 3 aromatic rings. The highest BCUT2D eigenvalue weighted by Crippen LogP contribution is 2.31. The van der Waals surface area contributed by atoms with Gasteiger partial charge in [0.15, 0.2) is 5.13 Å². The lowest BCUT2D eigenvalue weighted by Crippen LogP contribution is -2.13. The third-order valence-electron chi connectivity index (χ3n) is 3.03. The summed E-state index contributed by atoms with van der Waals surface area (Å²) in [6.45, 7) is 1.97. The number of nitrogens with zero attached hydrogens (tertiary/aromatic N) is 2. The molecule has 0 spiro atoms. The van der Waals surface area contributed by atoms with Crippen LogP contribution in [0.3, 0.4) is 0 Å². The van der Waals surface area contributed by atoms with Gasteiger partial charge in [-0.1, -0.05) is 29.8 Å². The predicted octanol–water partition coefficient (Wildman–Crippen LogP) is 4.42. The van der Waals surface area contributed by atoms with Crippen LogP contribution in [0.4, 0.5) is 5.13 Å². The number of aromatic nitrogens is 2. The van der Waals surface area contributed by atoms with Crippen molar-refractivity contribution in [2.75, 3.05) is 5.32 Å². The number of hydrogen-bond donors (Lipinski definition) is 1. The summed E-state index contributed by atoms with van der Waals surface area (Å²) in [4.78, 5) is 21.6. The number of carbonyl (C=O) groups is 1. The van der Waals surface area contributed by atoms with Crippen molar-refractivity contribution in [1.29, 1.82) is 0 Å². The van der Waals surface area contributed by atoms with Gasteiger partial charge in [-0.15, -0.1) is 11.3 Å². The standard InChI is InChI=1S/C16H12ClN3OS/c1-10-14(11-5-7-12(17)8-6-11)19-16(22-10)20-15(21)13-4-2-3-9-18-13/h2-9H,1H3,(H,19,20,21). The minimum absolute atomic E-state index is 0.267. The van der Waals surface area contributed by atoms with Crippen molar-refractivity contribution in [3.05, 3.63) is 64.3 Å². The Bertz CT molecular complexity index is 800. The highest BCUT2D eigenvalue weighted by molar-refractivity contribution is 7.16. The molecule has 6 heteroatoms. The summed E-state index contributed by atoms with van der Waals surface area (Å²) in [7, 11) is 0. The Morgan fingerprint density at radius 2 is 1.95 bits per heavy atom. The molecule has 2 aromatic heterocycles. The van der Waals surface area contributed by atoms with E-state index in [-0.39, 0.29) is 5.91 Å². The van der Waals surface area contributed by atoms with Crippen LogP contribution in [0.2, 0.25) is 5.02 Å². The number of amides is 1. The maximum absolute atomic E-state index is 12.1. The van der Waals surface area contributed by atoms with Crippen LogP contribution in [0.15, 0.2) is 48.7 Å². The fourth-order valence-corrected chi connectivity index (χ4v) is 2.94. The lowest BCUT2D eigenvalue weighted by Gasteiger charge is -2.00. The number of pyridine rings is 1. The molecule has 0 atom stereocenters. The van der Waals surface area contributed by atoms with Crippen LogP contribution in [0.25, 0.3) is 11.3 Å². The van der Waals surface area contributed by atoms with Gasteiger partial charge in [-0.05, 0) is 31.2 Å². The zero-order valence-corrected chi connectivity index (χ0v) is 13.3. The predicted molar refractivity (Wildman–Crippen MR) is 89.5 cm³/mol. The van der Waals surface area contributed by atoms with Crippen molar-refractivity contribution < 1.29 is 4.79 Å². The molecule has 1 N–H and O–H groups in total. The average molecular weight is 330 g/mol. The molecule has 1 amide bonds. The second-order valence-electron chi connectivity index (χ2n) is 4.60. The summed E-state index contributed by atoms with van der Waals surface area (Å²) in [5.74, 6) is -0.267. The van der Waals surface area contributed by atoms with Gasteiger partial charge in [-0.2, -0.15) is 0 Å². The van der Waals surface area contributed by atoms with Crippen LogP contribution in [-0.4, -0.2) is 15.9 Å². The van der Waals surface area contributed by atoms with E-state index in [4.69, 9.17) is 11.6 Å². The first-order valence-corrected chi connectivity index (χ1v) is 7.78. The zero-order valence-electron chi connectivity index (χ0n) is 11.7. The van der Waals surface area contributed by atoms with Crippen molar-refractivity contribution in [2.24, 2.45) is 0 Å². The van der Waals surface area contributed by atoms with Gasteiger partial charge in [0.05, 0.1) is 5.69 Å². The first kappa shape index (κ1) is 14.7. The second kappa shape index (κ2) is 6.25. The Labute approximate surface area is 136 Å². The quantitative estimate of drug-likeness (QED) is 0.774. The lowest BCUT2D eigenvalue weighted by atomic mass is 10.1. The molecule has 22 heavy (non-hydrogen) atoms. The molecule has 0 fully saturated rings. The number of hydrogen-bond acceptors (Lipinski definition) is 4. The van der Waals surface area contributed by atoms with E-state index in [1.54, 1.807) is 24.4 Å². The van der Waals surface area contributed by atoms with Crippen molar-refractivity contribution in [3.63, 3.8) is 0 Å². The van der Waals surface area contributed by atoms with Crippen LogP contribution in [-0.2, 0) is 0 Å². The Hall–Kier alpha value is -2.24. The number of halogens is 1. The van der Waals surface area contributed by atoms with Gasteiger partial charge in [0.1, 0.15) is 5.69 Å². The molecular weight excluding hydrogens is 318 g/mol. The van der Waals surface area contributed by atoms with E-state index >= 15 is 0 Å². The summed E-state index contributed by atoms with van der Waals surface area (Å²) in [6, 6.07) is 12.7. The van der Waals surface area contributed by atoms with Crippen molar-refractivity contribution >= 4 is 34.0 Å². The van der Waals surface area contributed by atoms with Crippen LogP contribution in [0, 0.1) is 6.92 Å². The van der Waals surface area contributed by atoms with Crippen molar-refractivity contribution in [2.45, 2.75) is 6.92 Å². The normalized spacial score (nSPS) is 10.5. The molecule has 0 radical (unpaired) electrons. The maximum atomic E-state index is 12.1. The molecular formula is C16H12ClN3OS. The number of aryl methyl sites for hydroxylation is 1. The van der Waals surface area contributed by atoms with Crippen LogP contribution < -0.4 is 5.32 Å². The number of thiazole rings is 1. The molecule has 0 bridgehead atoms. The van der Waals surface area contributed by atoms with Gasteiger partial charge >= 0.3 is 0 Å². The molecule has 2 heterocycles. The van der Waals surface area contributed by atoms with E-state index in [9.17, 15) is 4.79 Å². The molecule has 3 rings (SSSR count). The topological polar surface area (TPSA) is 54.9 Å². The SMILES string of the molecule is Cc1sc(NC(=O)c2ccccn2)nc1-c1ccc(Cl)cc1. The molecule has 0 saturated heterocycles. The number of carbonyl (C=O) groups excluding carboxylic acids is 1. The third kappa shape index (κ3) is 3.16. The molecule has 0 aliphatic heterocycles. The summed E-state index contributed by atoms with van der Waals surface area (Å²) in [5.41, 5.74) is 2.18. The number of nitrogens with one attached hydrogen (secondary N) is 1. The zero-order chi connectivity index (χ0) is 15.5. The maximum Gasteiger partial charge on any atom is 0.276 e. The number of benzene rings is 1. The molecule has 1 aromatic carbocycles. The first-order chi connectivity index (χ1) is 10.6. The van der Waals surface area contributed by atoms with E-state index in [1.165, 1.54) is 11.3 Å². The van der Waals surface area contributed by atoms with E-state index in [0.717, 1.165) is 16.1 Å². The molecule has 0 unspecified atom stereocenters. The minimum atomic E-state index is -0.267. The Balaban J connectivity index is 1.83. The van der Waals surface area contributed by atoms with E-state index in [1.807, 2.05) is 31.2 Å².